The second-order valence-electron chi connectivity index (χ2n) is 5.76. The van der Waals surface area contributed by atoms with Crippen molar-refractivity contribution in [3.8, 4) is 5.75 Å². The molecule has 8 heteroatoms. The first-order chi connectivity index (χ1) is 10.9. The Hall–Kier alpha value is -1.50. The van der Waals surface area contributed by atoms with Crippen LogP contribution in [-0.4, -0.2) is 50.0 Å². The first-order valence-electron chi connectivity index (χ1n) is 7.49. The maximum Gasteiger partial charge on any atom is 0.228 e. The zero-order chi connectivity index (χ0) is 17.1. The second kappa shape index (κ2) is 8.55. The SMILES string of the molecule is COc1ccc(Cl)cc1N1CC(C(=O)N(C)C(C)CN)CC1=O.Cl. The third-order valence-corrected chi connectivity index (χ3v) is 4.49. The molecule has 0 radical (unpaired) electrons. The highest BCUT2D eigenvalue weighted by Crippen LogP contribution is 2.35. The van der Waals surface area contributed by atoms with E-state index in [0.717, 1.165) is 0 Å². The van der Waals surface area contributed by atoms with Crippen molar-refractivity contribution in [2.75, 3.05) is 32.1 Å². The molecule has 1 aliphatic heterocycles. The number of likely N-dealkylation sites (N-methyl/N-ethyl adjacent to an activating group) is 1. The van der Waals surface area contributed by atoms with Gasteiger partial charge in [-0.1, -0.05) is 11.6 Å². The molecule has 0 saturated carbocycles. The van der Waals surface area contributed by atoms with Gasteiger partial charge in [0.25, 0.3) is 0 Å². The zero-order valence-corrected chi connectivity index (χ0v) is 15.6. The molecule has 1 fully saturated rings. The molecule has 1 heterocycles. The lowest BCUT2D eigenvalue weighted by Gasteiger charge is -2.26. The number of halogens is 2. The predicted octanol–water partition coefficient (Wildman–Crippen LogP) is 1.93. The minimum Gasteiger partial charge on any atom is -0.495 e. The van der Waals surface area contributed by atoms with Crippen LogP contribution < -0.4 is 15.4 Å². The number of benzene rings is 1. The molecule has 1 aliphatic rings. The van der Waals surface area contributed by atoms with Crippen LogP contribution in [0.2, 0.25) is 5.02 Å². The Balaban J connectivity index is 0.00000288. The Bertz CT molecular complexity index is 612. The molecule has 2 atom stereocenters. The van der Waals surface area contributed by atoms with Crippen molar-refractivity contribution in [1.82, 2.24) is 4.90 Å². The van der Waals surface area contributed by atoms with E-state index in [9.17, 15) is 9.59 Å². The fourth-order valence-corrected chi connectivity index (χ4v) is 2.81. The van der Waals surface area contributed by atoms with Crippen LogP contribution in [0.25, 0.3) is 0 Å². The fourth-order valence-electron chi connectivity index (χ4n) is 2.64. The molecule has 6 nitrogen and oxygen atoms in total. The minimum absolute atomic E-state index is 0. The lowest BCUT2D eigenvalue weighted by atomic mass is 10.1. The summed E-state index contributed by atoms with van der Waals surface area (Å²) < 4.78 is 5.30. The van der Waals surface area contributed by atoms with Gasteiger partial charge in [0, 0.05) is 37.6 Å². The van der Waals surface area contributed by atoms with Crippen LogP contribution in [0, 0.1) is 5.92 Å². The molecule has 0 spiro atoms. The van der Waals surface area contributed by atoms with E-state index in [1.807, 2.05) is 6.92 Å². The van der Waals surface area contributed by atoms with E-state index in [-0.39, 0.29) is 42.6 Å². The summed E-state index contributed by atoms with van der Waals surface area (Å²) in [4.78, 5) is 28.1. The van der Waals surface area contributed by atoms with Gasteiger partial charge in [0.05, 0.1) is 18.7 Å². The van der Waals surface area contributed by atoms with Crippen LogP contribution in [0.1, 0.15) is 13.3 Å². The van der Waals surface area contributed by atoms with Crippen molar-refractivity contribution in [2.24, 2.45) is 11.7 Å². The quantitative estimate of drug-likeness (QED) is 0.852. The molecule has 1 aromatic carbocycles. The Morgan fingerprint density at radius 1 is 1.54 bits per heavy atom. The normalized spacial score (nSPS) is 18.1. The number of nitrogens with zero attached hydrogens (tertiary/aromatic N) is 2. The topological polar surface area (TPSA) is 75.9 Å². The molecular formula is C16H23Cl2N3O3. The lowest BCUT2D eigenvalue weighted by molar-refractivity contribution is -0.136. The van der Waals surface area contributed by atoms with Crippen LogP contribution >= 0.6 is 24.0 Å². The molecule has 2 amide bonds. The van der Waals surface area contributed by atoms with E-state index < -0.39 is 0 Å². The van der Waals surface area contributed by atoms with Gasteiger partial charge in [0.2, 0.25) is 11.8 Å². The summed E-state index contributed by atoms with van der Waals surface area (Å²) in [6.07, 6.45) is 0.177. The van der Waals surface area contributed by atoms with Crippen molar-refractivity contribution in [3.63, 3.8) is 0 Å². The average Bonchev–Trinajstić information content (AvgIpc) is 2.94. The van der Waals surface area contributed by atoms with E-state index in [0.29, 0.717) is 29.5 Å². The number of hydrogen-bond donors (Lipinski definition) is 1. The Kier molecular flexibility index (Phi) is 7.32. The van der Waals surface area contributed by atoms with E-state index >= 15 is 0 Å². The maximum atomic E-state index is 12.5. The third kappa shape index (κ3) is 4.12. The first kappa shape index (κ1) is 20.5. The van der Waals surface area contributed by atoms with Crippen molar-refractivity contribution >= 4 is 41.5 Å². The van der Waals surface area contributed by atoms with Crippen LogP contribution in [0.15, 0.2) is 18.2 Å². The standard InChI is InChI=1S/C16H22ClN3O3.ClH/c1-10(8-18)19(2)16(22)11-6-15(21)20(9-11)13-7-12(17)4-5-14(13)23-3;/h4-5,7,10-11H,6,8-9,18H2,1-3H3;1H. The van der Waals surface area contributed by atoms with Gasteiger partial charge in [-0.15, -0.1) is 12.4 Å². The summed E-state index contributed by atoms with van der Waals surface area (Å²) >= 11 is 6.03. The molecule has 0 bridgehead atoms. The van der Waals surface area contributed by atoms with Crippen molar-refractivity contribution in [2.45, 2.75) is 19.4 Å². The molecule has 1 aromatic rings. The number of carbonyl (C=O) groups excluding carboxylic acids is 2. The summed E-state index contributed by atoms with van der Waals surface area (Å²) in [5, 5.41) is 0.511. The minimum atomic E-state index is -0.384. The van der Waals surface area contributed by atoms with Gasteiger partial charge in [-0.05, 0) is 25.1 Å². The molecule has 0 aliphatic carbocycles. The second-order valence-corrected chi connectivity index (χ2v) is 6.19. The van der Waals surface area contributed by atoms with Gasteiger partial charge in [-0.25, -0.2) is 0 Å². The number of ether oxygens (including phenoxy) is 1. The molecule has 0 aromatic heterocycles. The van der Waals surface area contributed by atoms with Gasteiger partial charge >= 0.3 is 0 Å². The monoisotopic (exact) mass is 375 g/mol. The summed E-state index contributed by atoms with van der Waals surface area (Å²) in [6, 6.07) is 5.02. The number of amides is 2. The van der Waals surface area contributed by atoms with Gasteiger partial charge in [0.1, 0.15) is 5.75 Å². The van der Waals surface area contributed by atoms with Crippen molar-refractivity contribution < 1.29 is 14.3 Å². The molecule has 1 saturated heterocycles. The average molecular weight is 376 g/mol. The molecule has 2 unspecified atom stereocenters. The molecular weight excluding hydrogens is 353 g/mol. The smallest absolute Gasteiger partial charge is 0.228 e. The lowest BCUT2D eigenvalue weighted by Crippen LogP contribution is -2.43. The fraction of sp³-hybridized carbons (Fsp3) is 0.500. The Morgan fingerprint density at radius 2 is 2.21 bits per heavy atom. The van der Waals surface area contributed by atoms with Gasteiger partial charge in [0.15, 0.2) is 0 Å². The predicted molar refractivity (Wildman–Crippen MR) is 97.0 cm³/mol. The first-order valence-corrected chi connectivity index (χ1v) is 7.87. The highest BCUT2D eigenvalue weighted by atomic mass is 35.5. The molecule has 2 N–H and O–H groups in total. The van der Waals surface area contributed by atoms with E-state index in [1.165, 1.54) is 7.11 Å². The van der Waals surface area contributed by atoms with Crippen molar-refractivity contribution in [3.05, 3.63) is 23.2 Å². The van der Waals surface area contributed by atoms with Crippen molar-refractivity contribution in [1.29, 1.82) is 0 Å². The van der Waals surface area contributed by atoms with Gasteiger partial charge in [-0.2, -0.15) is 0 Å². The summed E-state index contributed by atoms with van der Waals surface area (Å²) in [7, 11) is 3.25. The number of hydrogen-bond acceptors (Lipinski definition) is 4. The molecule has 134 valence electrons. The van der Waals surface area contributed by atoms with E-state index in [1.54, 1.807) is 35.0 Å². The Morgan fingerprint density at radius 3 is 2.79 bits per heavy atom. The van der Waals surface area contributed by atoms with Crippen LogP contribution in [-0.2, 0) is 9.59 Å². The Labute approximate surface area is 153 Å². The zero-order valence-electron chi connectivity index (χ0n) is 14.0. The van der Waals surface area contributed by atoms with Gasteiger partial charge in [-0.3, -0.25) is 9.59 Å². The van der Waals surface area contributed by atoms with E-state index in [2.05, 4.69) is 0 Å². The number of nitrogens with two attached hydrogens (primary N) is 1. The van der Waals surface area contributed by atoms with Crippen LogP contribution in [0.5, 0.6) is 5.75 Å². The summed E-state index contributed by atoms with van der Waals surface area (Å²) in [6.45, 7) is 2.58. The van der Waals surface area contributed by atoms with Crippen LogP contribution in [0.4, 0.5) is 5.69 Å². The third-order valence-electron chi connectivity index (χ3n) is 4.26. The number of rotatable bonds is 5. The molecule has 2 rings (SSSR count). The highest BCUT2D eigenvalue weighted by molar-refractivity contribution is 6.31. The highest BCUT2D eigenvalue weighted by Gasteiger charge is 2.38. The van der Waals surface area contributed by atoms with E-state index in [4.69, 9.17) is 22.1 Å². The maximum absolute atomic E-state index is 12.5. The largest absolute Gasteiger partial charge is 0.495 e. The molecule has 24 heavy (non-hydrogen) atoms. The number of carbonyl (C=O) groups is 2. The summed E-state index contributed by atoms with van der Waals surface area (Å²) in [5.41, 5.74) is 6.20. The number of anilines is 1. The summed E-state index contributed by atoms with van der Waals surface area (Å²) in [5.74, 6) is -0.0118. The van der Waals surface area contributed by atoms with Gasteiger partial charge < -0.3 is 20.3 Å². The van der Waals surface area contributed by atoms with Crippen LogP contribution in [0.3, 0.4) is 0 Å². The number of methoxy groups -OCH3 is 1.